The fraction of sp³-hybridized carbons (Fsp3) is 0.350. The van der Waals surface area contributed by atoms with Gasteiger partial charge in [-0.15, -0.1) is 0 Å². The van der Waals surface area contributed by atoms with Crippen molar-refractivity contribution in [1.29, 1.82) is 0 Å². The third kappa shape index (κ3) is 5.91. The third-order valence-corrected chi connectivity index (χ3v) is 4.97. The Morgan fingerprint density at radius 1 is 1.15 bits per heavy atom. The molecule has 1 aliphatic heterocycles. The summed E-state index contributed by atoms with van der Waals surface area (Å²) in [5.41, 5.74) is 1.16. The van der Waals surface area contributed by atoms with E-state index >= 15 is 0 Å². The van der Waals surface area contributed by atoms with E-state index < -0.39 is 17.7 Å². The molecule has 27 heavy (non-hydrogen) atoms. The van der Waals surface area contributed by atoms with Gasteiger partial charge in [-0.3, -0.25) is 4.90 Å². The van der Waals surface area contributed by atoms with Crippen LogP contribution < -0.4 is 10.6 Å². The molecular formula is C20H22ClF2N3O. The van der Waals surface area contributed by atoms with E-state index in [0.29, 0.717) is 12.5 Å². The number of likely N-dealkylation sites (tertiary alicyclic amines) is 1. The summed E-state index contributed by atoms with van der Waals surface area (Å²) in [6, 6.07) is 10.4. The first-order valence-corrected chi connectivity index (χ1v) is 9.34. The lowest BCUT2D eigenvalue weighted by Gasteiger charge is -2.32. The highest BCUT2D eigenvalue weighted by molar-refractivity contribution is 6.30. The summed E-state index contributed by atoms with van der Waals surface area (Å²) in [5, 5.41) is 5.92. The first-order chi connectivity index (χ1) is 13.0. The number of carbonyl (C=O) groups excluding carboxylic acids is 1. The number of rotatable bonds is 5. The average molecular weight is 394 g/mol. The normalized spacial score (nSPS) is 15.5. The summed E-state index contributed by atoms with van der Waals surface area (Å²) < 4.78 is 26.4. The van der Waals surface area contributed by atoms with E-state index in [4.69, 9.17) is 11.6 Å². The van der Waals surface area contributed by atoms with Crippen LogP contribution in [0.15, 0.2) is 42.5 Å². The van der Waals surface area contributed by atoms with Crippen LogP contribution in [0.2, 0.25) is 5.02 Å². The van der Waals surface area contributed by atoms with Gasteiger partial charge in [-0.25, -0.2) is 13.6 Å². The van der Waals surface area contributed by atoms with Gasteiger partial charge in [0.15, 0.2) is 0 Å². The lowest BCUT2D eigenvalue weighted by Crippen LogP contribution is -2.39. The number of hydrogen-bond acceptors (Lipinski definition) is 2. The summed E-state index contributed by atoms with van der Waals surface area (Å²) >= 11 is 6.03. The van der Waals surface area contributed by atoms with Gasteiger partial charge in [0, 0.05) is 24.2 Å². The molecule has 1 saturated heterocycles. The molecule has 0 bridgehead atoms. The lowest BCUT2D eigenvalue weighted by atomic mass is 9.96. The Labute approximate surface area is 162 Å². The van der Waals surface area contributed by atoms with Gasteiger partial charge in [0.2, 0.25) is 0 Å². The standard InChI is InChI=1S/C20H22ClF2N3O/c21-16-3-1-2-15(10-16)13-26-8-6-14(7-9-26)12-24-20(27)25-19-5-4-17(22)11-18(19)23/h1-5,10-11,14H,6-9,12-13H2,(H2,24,25,27). The molecule has 0 aliphatic carbocycles. The Bertz CT molecular complexity index is 795. The van der Waals surface area contributed by atoms with Gasteiger partial charge in [-0.2, -0.15) is 0 Å². The molecule has 2 aromatic rings. The fourth-order valence-corrected chi connectivity index (χ4v) is 3.45. The first kappa shape index (κ1) is 19.6. The van der Waals surface area contributed by atoms with Gasteiger partial charge in [-0.05, 0) is 61.7 Å². The zero-order valence-electron chi connectivity index (χ0n) is 14.9. The Hall–Kier alpha value is -2.18. The minimum Gasteiger partial charge on any atom is -0.338 e. The van der Waals surface area contributed by atoms with Crippen molar-refractivity contribution in [3.8, 4) is 0 Å². The van der Waals surface area contributed by atoms with E-state index in [-0.39, 0.29) is 5.69 Å². The minimum absolute atomic E-state index is 0.0368. The molecule has 4 nitrogen and oxygen atoms in total. The molecule has 3 rings (SSSR count). The number of benzene rings is 2. The van der Waals surface area contributed by atoms with Crippen molar-refractivity contribution in [2.75, 3.05) is 25.0 Å². The van der Waals surface area contributed by atoms with Crippen LogP contribution in [0.3, 0.4) is 0 Å². The van der Waals surface area contributed by atoms with Crippen molar-refractivity contribution < 1.29 is 13.6 Å². The summed E-state index contributed by atoms with van der Waals surface area (Å²) in [5.74, 6) is -1.09. The van der Waals surface area contributed by atoms with Crippen LogP contribution in [0, 0.1) is 17.6 Å². The van der Waals surface area contributed by atoms with Crippen molar-refractivity contribution in [3.63, 3.8) is 0 Å². The van der Waals surface area contributed by atoms with Gasteiger partial charge in [0.25, 0.3) is 0 Å². The highest BCUT2D eigenvalue weighted by Crippen LogP contribution is 2.20. The highest BCUT2D eigenvalue weighted by Gasteiger charge is 2.20. The number of nitrogens with zero attached hydrogens (tertiary/aromatic N) is 1. The molecule has 0 saturated carbocycles. The SMILES string of the molecule is O=C(NCC1CCN(Cc2cccc(Cl)c2)CC1)Nc1ccc(F)cc1F. The molecule has 7 heteroatoms. The summed E-state index contributed by atoms with van der Waals surface area (Å²) in [7, 11) is 0. The van der Waals surface area contributed by atoms with Crippen molar-refractivity contribution in [2.24, 2.45) is 5.92 Å². The number of nitrogens with one attached hydrogen (secondary N) is 2. The quantitative estimate of drug-likeness (QED) is 0.776. The van der Waals surface area contributed by atoms with Gasteiger partial charge < -0.3 is 10.6 Å². The molecule has 1 fully saturated rings. The van der Waals surface area contributed by atoms with Crippen molar-refractivity contribution >= 4 is 23.3 Å². The number of carbonyl (C=O) groups is 1. The zero-order valence-corrected chi connectivity index (χ0v) is 15.6. The Morgan fingerprint density at radius 2 is 1.93 bits per heavy atom. The Morgan fingerprint density at radius 3 is 2.63 bits per heavy atom. The maximum atomic E-state index is 13.6. The van der Waals surface area contributed by atoms with Gasteiger partial charge >= 0.3 is 6.03 Å². The summed E-state index contributed by atoms with van der Waals surface area (Å²) in [6.07, 6.45) is 1.96. The van der Waals surface area contributed by atoms with Crippen molar-refractivity contribution in [2.45, 2.75) is 19.4 Å². The molecule has 0 spiro atoms. The van der Waals surface area contributed by atoms with Crippen LogP contribution in [0.5, 0.6) is 0 Å². The van der Waals surface area contributed by atoms with Crippen LogP contribution in [0.25, 0.3) is 0 Å². The minimum atomic E-state index is -0.792. The fourth-order valence-electron chi connectivity index (χ4n) is 3.24. The number of anilines is 1. The van der Waals surface area contributed by atoms with Crippen molar-refractivity contribution in [1.82, 2.24) is 10.2 Å². The van der Waals surface area contributed by atoms with Gasteiger partial charge in [0.05, 0.1) is 5.69 Å². The number of amides is 2. The lowest BCUT2D eigenvalue weighted by molar-refractivity contribution is 0.175. The van der Waals surface area contributed by atoms with E-state index in [1.54, 1.807) is 0 Å². The molecule has 2 amide bonds. The summed E-state index contributed by atoms with van der Waals surface area (Å²) in [6.45, 7) is 3.30. The maximum absolute atomic E-state index is 13.6. The van der Waals surface area contributed by atoms with Crippen LogP contribution in [0.4, 0.5) is 19.3 Å². The zero-order chi connectivity index (χ0) is 19.2. The van der Waals surface area contributed by atoms with E-state index in [9.17, 15) is 13.6 Å². The monoisotopic (exact) mass is 393 g/mol. The second-order valence-electron chi connectivity index (χ2n) is 6.81. The van der Waals surface area contributed by atoms with Crippen LogP contribution in [-0.4, -0.2) is 30.6 Å². The summed E-state index contributed by atoms with van der Waals surface area (Å²) in [4.78, 5) is 14.3. The van der Waals surface area contributed by atoms with E-state index in [1.807, 2.05) is 18.2 Å². The predicted octanol–water partition coefficient (Wildman–Crippen LogP) is 4.65. The molecule has 0 atom stereocenters. The number of urea groups is 1. The molecule has 1 heterocycles. The van der Waals surface area contributed by atoms with Crippen LogP contribution >= 0.6 is 11.6 Å². The molecular weight excluding hydrogens is 372 g/mol. The third-order valence-electron chi connectivity index (χ3n) is 4.73. The average Bonchev–Trinajstić information content (AvgIpc) is 2.64. The topological polar surface area (TPSA) is 44.4 Å². The molecule has 144 valence electrons. The number of piperidine rings is 1. The smallest absolute Gasteiger partial charge is 0.319 e. The van der Waals surface area contributed by atoms with Crippen molar-refractivity contribution in [3.05, 3.63) is 64.7 Å². The molecule has 0 radical (unpaired) electrons. The molecule has 0 unspecified atom stereocenters. The second-order valence-corrected chi connectivity index (χ2v) is 7.25. The van der Waals surface area contributed by atoms with E-state index in [2.05, 4.69) is 21.6 Å². The molecule has 0 aromatic heterocycles. The number of hydrogen-bond donors (Lipinski definition) is 2. The van der Waals surface area contributed by atoms with Gasteiger partial charge in [0.1, 0.15) is 11.6 Å². The predicted molar refractivity (Wildman–Crippen MR) is 103 cm³/mol. The Kier molecular flexibility index (Phi) is 6.63. The largest absolute Gasteiger partial charge is 0.338 e. The Balaban J connectivity index is 1.39. The molecule has 1 aliphatic rings. The van der Waals surface area contributed by atoms with E-state index in [0.717, 1.165) is 49.6 Å². The molecule has 2 aromatic carbocycles. The van der Waals surface area contributed by atoms with E-state index in [1.165, 1.54) is 11.6 Å². The number of halogens is 3. The maximum Gasteiger partial charge on any atom is 0.319 e. The van der Waals surface area contributed by atoms with Crippen LogP contribution in [0.1, 0.15) is 18.4 Å². The second kappa shape index (κ2) is 9.15. The van der Waals surface area contributed by atoms with Gasteiger partial charge in [-0.1, -0.05) is 23.7 Å². The molecule has 2 N–H and O–H groups in total. The van der Waals surface area contributed by atoms with Crippen LogP contribution in [-0.2, 0) is 6.54 Å². The first-order valence-electron chi connectivity index (χ1n) is 8.96. The highest BCUT2D eigenvalue weighted by atomic mass is 35.5.